The van der Waals surface area contributed by atoms with Crippen molar-refractivity contribution in [3.05, 3.63) is 95.7 Å². The quantitative estimate of drug-likeness (QED) is 0.413. The third kappa shape index (κ3) is 6.23. The summed E-state index contributed by atoms with van der Waals surface area (Å²) in [5, 5.41) is 5.64. The van der Waals surface area contributed by atoms with Crippen LogP contribution in [0.4, 0.5) is 11.4 Å². The number of thioether (sulfide) groups is 1. The molecule has 0 bridgehead atoms. The van der Waals surface area contributed by atoms with Gasteiger partial charge in [-0.1, -0.05) is 36.4 Å². The number of benzene rings is 3. The average molecular weight is 432 g/mol. The fraction of sp³-hybridized carbons (Fsp3) is 0.120. The van der Waals surface area contributed by atoms with Crippen LogP contribution in [-0.2, 0) is 4.79 Å². The highest BCUT2D eigenvalue weighted by atomic mass is 32.2. The number of anilines is 2. The summed E-state index contributed by atoms with van der Waals surface area (Å²) in [4.78, 5) is 28.8. The maximum Gasteiger partial charge on any atom is 0.272 e. The van der Waals surface area contributed by atoms with Crippen molar-refractivity contribution in [3.8, 4) is 0 Å². The average Bonchev–Trinajstić information content (AvgIpc) is 2.79. The van der Waals surface area contributed by atoms with E-state index in [2.05, 4.69) is 10.6 Å². The number of hydrogen-bond acceptors (Lipinski definition) is 4. The molecule has 0 aliphatic carbocycles. The largest absolute Gasteiger partial charge is 0.378 e. The minimum absolute atomic E-state index is 0.168. The molecular weight excluding hydrogens is 406 g/mol. The second kappa shape index (κ2) is 10.5. The third-order valence-electron chi connectivity index (χ3n) is 4.58. The molecule has 0 fully saturated rings. The summed E-state index contributed by atoms with van der Waals surface area (Å²) in [7, 11) is 3.93. The van der Waals surface area contributed by atoms with Gasteiger partial charge in [-0.3, -0.25) is 9.59 Å². The van der Waals surface area contributed by atoms with Crippen LogP contribution in [0.25, 0.3) is 6.08 Å². The zero-order valence-corrected chi connectivity index (χ0v) is 18.6. The maximum atomic E-state index is 13.0. The highest BCUT2D eigenvalue weighted by Gasteiger charge is 2.15. The lowest BCUT2D eigenvalue weighted by atomic mass is 10.1. The van der Waals surface area contributed by atoms with Gasteiger partial charge in [-0.05, 0) is 60.4 Å². The SMILES string of the molecule is CSc1cccc(NC(=O)/C(=C\c2ccc(N(C)C)cc2)NC(=O)c2ccccc2)c1. The lowest BCUT2D eigenvalue weighted by Gasteiger charge is -2.13. The predicted molar refractivity (Wildman–Crippen MR) is 130 cm³/mol. The fourth-order valence-electron chi connectivity index (χ4n) is 2.88. The fourth-order valence-corrected chi connectivity index (χ4v) is 3.34. The van der Waals surface area contributed by atoms with Crippen LogP contribution in [-0.4, -0.2) is 32.2 Å². The van der Waals surface area contributed by atoms with Gasteiger partial charge in [-0.15, -0.1) is 11.8 Å². The number of nitrogens with zero attached hydrogens (tertiary/aromatic N) is 1. The van der Waals surface area contributed by atoms with Crippen molar-refractivity contribution >= 4 is 41.0 Å². The molecule has 3 aromatic carbocycles. The number of hydrogen-bond donors (Lipinski definition) is 2. The van der Waals surface area contributed by atoms with Crippen molar-refractivity contribution in [1.29, 1.82) is 0 Å². The second-order valence-electron chi connectivity index (χ2n) is 7.05. The highest BCUT2D eigenvalue weighted by Crippen LogP contribution is 2.20. The Morgan fingerprint density at radius 3 is 2.26 bits per heavy atom. The van der Waals surface area contributed by atoms with Crippen molar-refractivity contribution in [2.75, 3.05) is 30.6 Å². The zero-order chi connectivity index (χ0) is 22.2. The Kier molecular flexibility index (Phi) is 7.51. The van der Waals surface area contributed by atoms with Gasteiger partial charge in [0.05, 0.1) is 0 Å². The molecule has 0 saturated heterocycles. The number of amides is 2. The Morgan fingerprint density at radius 2 is 1.61 bits per heavy atom. The van der Waals surface area contributed by atoms with Crippen LogP contribution in [0.1, 0.15) is 15.9 Å². The van der Waals surface area contributed by atoms with E-state index in [9.17, 15) is 9.59 Å². The summed E-state index contributed by atoms with van der Waals surface area (Å²) >= 11 is 1.59. The van der Waals surface area contributed by atoms with E-state index in [4.69, 9.17) is 0 Å². The topological polar surface area (TPSA) is 61.4 Å². The first-order chi connectivity index (χ1) is 15.0. The molecule has 0 radical (unpaired) electrons. The van der Waals surface area contributed by atoms with Crippen LogP contribution in [0.2, 0.25) is 0 Å². The van der Waals surface area contributed by atoms with Gasteiger partial charge in [0.2, 0.25) is 0 Å². The first-order valence-corrected chi connectivity index (χ1v) is 11.0. The lowest BCUT2D eigenvalue weighted by Crippen LogP contribution is -2.30. The molecule has 3 aromatic rings. The third-order valence-corrected chi connectivity index (χ3v) is 5.30. The van der Waals surface area contributed by atoms with Gasteiger partial charge in [-0.25, -0.2) is 0 Å². The van der Waals surface area contributed by atoms with Gasteiger partial charge >= 0.3 is 0 Å². The summed E-state index contributed by atoms with van der Waals surface area (Å²) < 4.78 is 0. The number of carbonyl (C=O) groups is 2. The maximum absolute atomic E-state index is 13.0. The van der Waals surface area contributed by atoms with Crippen LogP contribution >= 0.6 is 11.8 Å². The smallest absolute Gasteiger partial charge is 0.272 e. The van der Waals surface area contributed by atoms with Crippen molar-refractivity contribution in [2.24, 2.45) is 0 Å². The minimum atomic E-state index is -0.390. The summed E-state index contributed by atoms with van der Waals surface area (Å²) in [5.74, 6) is -0.732. The summed E-state index contributed by atoms with van der Waals surface area (Å²) in [6, 6.07) is 24.1. The number of nitrogens with one attached hydrogen (secondary N) is 2. The molecule has 0 heterocycles. The molecule has 0 aliphatic heterocycles. The molecule has 0 aliphatic rings. The highest BCUT2D eigenvalue weighted by molar-refractivity contribution is 7.98. The van der Waals surface area contributed by atoms with E-state index in [-0.39, 0.29) is 17.5 Å². The van der Waals surface area contributed by atoms with Gasteiger partial charge in [0.25, 0.3) is 11.8 Å². The molecular formula is C25H25N3O2S. The molecule has 2 N–H and O–H groups in total. The van der Waals surface area contributed by atoms with Gasteiger partial charge in [0, 0.05) is 35.9 Å². The molecule has 31 heavy (non-hydrogen) atoms. The van der Waals surface area contributed by atoms with Crippen LogP contribution in [0.3, 0.4) is 0 Å². The van der Waals surface area contributed by atoms with E-state index in [1.165, 1.54) is 0 Å². The molecule has 3 rings (SSSR count). The van der Waals surface area contributed by atoms with Crippen molar-refractivity contribution < 1.29 is 9.59 Å². The molecule has 0 saturated carbocycles. The standard InChI is InChI=1S/C25H25N3O2S/c1-28(2)21-14-12-18(13-15-21)16-23(27-24(29)19-8-5-4-6-9-19)25(30)26-20-10-7-11-22(17-20)31-3/h4-17H,1-3H3,(H,26,30)(H,27,29)/b23-16+. The Hall–Kier alpha value is -3.51. The Morgan fingerprint density at radius 1 is 0.903 bits per heavy atom. The molecule has 0 atom stereocenters. The molecule has 0 aromatic heterocycles. The van der Waals surface area contributed by atoms with Gasteiger partial charge in [0.1, 0.15) is 5.70 Å². The van der Waals surface area contributed by atoms with Crippen molar-refractivity contribution in [3.63, 3.8) is 0 Å². The molecule has 0 spiro atoms. The van der Waals surface area contributed by atoms with Gasteiger partial charge in [0.15, 0.2) is 0 Å². The number of rotatable bonds is 7. The van der Waals surface area contributed by atoms with Crippen LogP contribution in [0.5, 0.6) is 0 Å². The zero-order valence-electron chi connectivity index (χ0n) is 17.8. The molecule has 0 unspecified atom stereocenters. The summed E-state index contributed by atoms with van der Waals surface area (Å²) in [5.41, 5.74) is 3.17. The second-order valence-corrected chi connectivity index (χ2v) is 7.93. The Balaban J connectivity index is 1.88. The van der Waals surface area contributed by atoms with E-state index in [0.717, 1.165) is 16.1 Å². The first kappa shape index (κ1) is 22.2. The van der Waals surface area contributed by atoms with Gasteiger partial charge < -0.3 is 15.5 Å². The molecule has 5 nitrogen and oxygen atoms in total. The van der Waals surface area contributed by atoms with E-state index >= 15 is 0 Å². The van der Waals surface area contributed by atoms with E-state index in [0.29, 0.717) is 11.3 Å². The normalized spacial score (nSPS) is 11.0. The van der Waals surface area contributed by atoms with E-state index < -0.39 is 0 Å². The van der Waals surface area contributed by atoms with Crippen molar-refractivity contribution in [1.82, 2.24) is 5.32 Å². The van der Waals surface area contributed by atoms with Crippen LogP contribution in [0.15, 0.2) is 89.5 Å². The molecule has 2 amide bonds. The van der Waals surface area contributed by atoms with E-state index in [1.54, 1.807) is 42.1 Å². The predicted octanol–water partition coefficient (Wildman–Crippen LogP) is 4.88. The number of carbonyl (C=O) groups excluding carboxylic acids is 2. The van der Waals surface area contributed by atoms with E-state index in [1.807, 2.05) is 79.8 Å². The minimum Gasteiger partial charge on any atom is -0.378 e. The summed E-state index contributed by atoms with van der Waals surface area (Å²) in [6.07, 6.45) is 3.65. The van der Waals surface area contributed by atoms with Crippen LogP contribution in [0, 0.1) is 0 Å². The van der Waals surface area contributed by atoms with Crippen LogP contribution < -0.4 is 15.5 Å². The van der Waals surface area contributed by atoms with Crippen molar-refractivity contribution in [2.45, 2.75) is 4.90 Å². The Labute approximate surface area is 187 Å². The lowest BCUT2D eigenvalue weighted by molar-refractivity contribution is -0.113. The molecule has 6 heteroatoms. The molecule has 158 valence electrons. The summed E-state index contributed by atoms with van der Waals surface area (Å²) in [6.45, 7) is 0. The van der Waals surface area contributed by atoms with Gasteiger partial charge in [-0.2, -0.15) is 0 Å². The first-order valence-electron chi connectivity index (χ1n) is 9.77. The monoisotopic (exact) mass is 431 g/mol. The Bertz CT molecular complexity index is 1080.